The van der Waals surface area contributed by atoms with Crippen LogP contribution in [0.3, 0.4) is 0 Å². The average molecular weight is 312 g/mol. The fourth-order valence-electron chi connectivity index (χ4n) is 3.06. The Morgan fingerprint density at radius 2 is 1.77 bits per heavy atom. The smallest absolute Gasteiger partial charge is 0.223 e. The first-order chi connectivity index (χ1) is 10.2. The molecule has 1 aliphatic carbocycles. The highest BCUT2D eigenvalue weighted by Crippen LogP contribution is 2.24. The fraction of sp³-hybridized carbons (Fsp3) is 0.882. The van der Waals surface area contributed by atoms with Gasteiger partial charge in [-0.25, -0.2) is 0 Å². The zero-order valence-electron chi connectivity index (χ0n) is 14.4. The van der Waals surface area contributed by atoms with E-state index in [0.29, 0.717) is 0 Å². The van der Waals surface area contributed by atoms with Crippen LogP contribution in [0.4, 0.5) is 0 Å². The second-order valence-corrected chi connectivity index (χ2v) is 7.81. The van der Waals surface area contributed by atoms with Gasteiger partial charge in [0.1, 0.15) is 0 Å². The van der Waals surface area contributed by atoms with Crippen molar-refractivity contribution >= 4 is 11.8 Å². The number of carbonyl (C=O) groups is 2. The molecule has 1 fully saturated rings. The van der Waals surface area contributed by atoms with Crippen molar-refractivity contribution in [2.75, 3.05) is 6.61 Å². The molecular weight excluding hydrogens is 280 g/mol. The summed E-state index contributed by atoms with van der Waals surface area (Å²) in [5, 5.41) is 15.2. The van der Waals surface area contributed by atoms with Gasteiger partial charge in [-0.2, -0.15) is 0 Å². The average Bonchev–Trinajstić information content (AvgIpc) is 2.89. The van der Waals surface area contributed by atoms with Crippen LogP contribution in [0, 0.1) is 11.3 Å². The van der Waals surface area contributed by atoms with E-state index in [4.69, 9.17) is 0 Å². The number of hydrogen-bond acceptors (Lipinski definition) is 3. The van der Waals surface area contributed by atoms with Gasteiger partial charge in [-0.1, -0.05) is 33.6 Å². The minimum absolute atomic E-state index is 0.0446. The van der Waals surface area contributed by atoms with E-state index >= 15 is 0 Å². The van der Waals surface area contributed by atoms with Gasteiger partial charge in [-0.15, -0.1) is 0 Å². The molecule has 22 heavy (non-hydrogen) atoms. The Hall–Kier alpha value is -1.10. The number of aliphatic hydroxyl groups excluding tert-OH is 1. The first kappa shape index (κ1) is 18.9. The van der Waals surface area contributed by atoms with Crippen LogP contribution in [0.25, 0.3) is 0 Å². The molecule has 2 atom stereocenters. The molecule has 3 N–H and O–H groups in total. The van der Waals surface area contributed by atoms with E-state index in [1.807, 2.05) is 6.92 Å². The molecular formula is C17H32N2O3. The number of hydrogen-bond donors (Lipinski definition) is 3. The van der Waals surface area contributed by atoms with Gasteiger partial charge in [0.25, 0.3) is 0 Å². The van der Waals surface area contributed by atoms with E-state index in [0.717, 1.165) is 32.1 Å². The van der Waals surface area contributed by atoms with E-state index in [-0.39, 0.29) is 48.3 Å². The zero-order chi connectivity index (χ0) is 16.8. The highest BCUT2D eigenvalue weighted by Gasteiger charge is 2.25. The lowest BCUT2D eigenvalue weighted by atomic mass is 9.88. The molecule has 0 radical (unpaired) electrons. The number of aliphatic hydroxyl groups is 1. The summed E-state index contributed by atoms with van der Waals surface area (Å²) in [7, 11) is 0. The Balaban J connectivity index is 2.34. The molecule has 0 bridgehead atoms. The molecule has 5 nitrogen and oxygen atoms in total. The van der Waals surface area contributed by atoms with Crippen molar-refractivity contribution in [1.29, 1.82) is 0 Å². The lowest BCUT2D eigenvalue weighted by Gasteiger charge is -2.26. The molecule has 0 aromatic rings. The van der Waals surface area contributed by atoms with Crippen LogP contribution in [0.15, 0.2) is 0 Å². The normalized spacial score (nSPS) is 18.8. The van der Waals surface area contributed by atoms with E-state index < -0.39 is 0 Å². The second-order valence-electron chi connectivity index (χ2n) is 7.81. The Morgan fingerprint density at radius 3 is 2.27 bits per heavy atom. The van der Waals surface area contributed by atoms with Gasteiger partial charge >= 0.3 is 0 Å². The van der Waals surface area contributed by atoms with Crippen LogP contribution in [0.5, 0.6) is 0 Å². The first-order valence-electron chi connectivity index (χ1n) is 8.42. The molecule has 1 rings (SSSR count). The Kier molecular flexibility index (Phi) is 7.33. The molecule has 0 aromatic heterocycles. The summed E-state index contributed by atoms with van der Waals surface area (Å²) in [5.74, 6) is 0.0744. The summed E-state index contributed by atoms with van der Waals surface area (Å²) in [4.78, 5) is 24.1. The van der Waals surface area contributed by atoms with E-state index in [2.05, 4.69) is 31.4 Å². The molecule has 5 heteroatoms. The number of rotatable bonds is 7. The van der Waals surface area contributed by atoms with Crippen LogP contribution in [0.2, 0.25) is 0 Å². The maximum absolute atomic E-state index is 12.0. The molecule has 0 heterocycles. The Morgan fingerprint density at radius 1 is 1.18 bits per heavy atom. The Labute approximate surface area is 134 Å². The van der Waals surface area contributed by atoms with Crippen molar-refractivity contribution in [2.24, 2.45) is 11.3 Å². The van der Waals surface area contributed by atoms with Gasteiger partial charge in [-0.05, 0) is 31.6 Å². The highest BCUT2D eigenvalue weighted by atomic mass is 16.3. The zero-order valence-corrected chi connectivity index (χ0v) is 14.4. The summed E-state index contributed by atoms with van der Waals surface area (Å²) in [6.45, 7) is 8.01. The molecule has 1 aliphatic rings. The SMILES string of the molecule is CC(CC(=O)NC(CO)CC(C)(C)C)NC(=O)C1CCCC1. The van der Waals surface area contributed by atoms with Gasteiger partial charge in [0, 0.05) is 18.4 Å². The van der Waals surface area contributed by atoms with Crippen molar-refractivity contribution < 1.29 is 14.7 Å². The van der Waals surface area contributed by atoms with Crippen LogP contribution in [0.1, 0.15) is 66.2 Å². The molecule has 2 amide bonds. The molecule has 0 aliphatic heterocycles. The Bertz CT molecular complexity index is 371. The van der Waals surface area contributed by atoms with Crippen molar-refractivity contribution in [3.8, 4) is 0 Å². The number of nitrogens with one attached hydrogen (secondary N) is 2. The van der Waals surface area contributed by atoms with Crippen molar-refractivity contribution in [2.45, 2.75) is 78.3 Å². The maximum Gasteiger partial charge on any atom is 0.223 e. The molecule has 2 unspecified atom stereocenters. The van der Waals surface area contributed by atoms with E-state index in [9.17, 15) is 14.7 Å². The van der Waals surface area contributed by atoms with Gasteiger partial charge < -0.3 is 15.7 Å². The monoisotopic (exact) mass is 312 g/mol. The largest absolute Gasteiger partial charge is 0.394 e. The molecule has 0 spiro atoms. The van der Waals surface area contributed by atoms with Crippen LogP contribution < -0.4 is 10.6 Å². The predicted molar refractivity (Wildman–Crippen MR) is 87.3 cm³/mol. The highest BCUT2D eigenvalue weighted by molar-refractivity contribution is 5.81. The lowest BCUT2D eigenvalue weighted by molar-refractivity contribution is -0.126. The third-order valence-electron chi connectivity index (χ3n) is 4.05. The summed E-state index contributed by atoms with van der Waals surface area (Å²) in [6, 6.07) is -0.410. The molecule has 128 valence electrons. The van der Waals surface area contributed by atoms with Crippen LogP contribution >= 0.6 is 0 Å². The van der Waals surface area contributed by atoms with Gasteiger partial charge in [0.2, 0.25) is 11.8 Å². The van der Waals surface area contributed by atoms with Crippen LogP contribution in [-0.4, -0.2) is 35.6 Å². The summed E-state index contributed by atoms with van der Waals surface area (Å²) in [6.07, 6.45) is 5.14. The molecule has 0 aromatic carbocycles. The summed E-state index contributed by atoms with van der Waals surface area (Å²) >= 11 is 0. The lowest BCUT2D eigenvalue weighted by Crippen LogP contribution is -2.44. The van der Waals surface area contributed by atoms with E-state index in [1.165, 1.54) is 0 Å². The number of carbonyl (C=O) groups excluding carboxylic acids is 2. The minimum Gasteiger partial charge on any atom is -0.394 e. The van der Waals surface area contributed by atoms with Crippen molar-refractivity contribution in [3.05, 3.63) is 0 Å². The quantitative estimate of drug-likeness (QED) is 0.672. The molecule has 0 saturated heterocycles. The maximum atomic E-state index is 12.0. The van der Waals surface area contributed by atoms with Gasteiger partial charge in [-0.3, -0.25) is 9.59 Å². The second kappa shape index (κ2) is 8.51. The summed E-state index contributed by atoms with van der Waals surface area (Å²) in [5.41, 5.74) is 0.0446. The fourth-order valence-corrected chi connectivity index (χ4v) is 3.06. The third kappa shape index (κ3) is 7.25. The third-order valence-corrected chi connectivity index (χ3v) is 4.05. The molecule has 1 saturated carbocycles. The topological polar surface area (TPSA) is 78.4 Å². The predicted octanol–water partition coefficient (Wildman–Crippen LogP) is 1.98. The van der Waals surface area contributed by atoms with Crippen molar-refractivity contribution in [1.82, 2.24) is 10.6 Å². The summed E-state index contributed by atoms with van der Waals surface area (Å²) < 4.78 is 0. The van der Waals surface area contributed by atoms with Gasteiger partial charge in [0.05, 0.1) is 12.6 Å². The van der Waals surface area contributed by atoms with E-state index in [1.54, 1.807) is 0 Å². The minimum atomic E-state index is -0.231. The standard InChI is InChI=1S/C17H32N2O3/c1-12(18-16(22)13-7-5-6-8-13)9-15(21)19-14(11-20)10-17(2,3)4/h12-14,20H,5-11H2,1-4H3,(H,18,22)(H,19,21). The van der Waals surface area contributed by atoms with Crippen molar-refractivity contribution in [3.63, 3.8) is 0 Å². The first-order valence-corrected chi connectivity index (χ1v) is 8.42. The van der Waals surface area contributed by atoms with Crippen LogP contribution in [-0.2, 0) is 9.59 Å². The number of amides is 2. The van der Waals surface area contributed by atoms with Gasteiger partial charge in [0.15, 0.2) is 0 Å².